The Morgan fingerprint density at radius 3 is 2.86 bits per heavy atom. The third-order valence-electron chi connectivity index (χ3n) is 2.18. The predicted octanol–water partition coefficient (Wildman–Crippen LogP) is 4.17. The summed E-state index contributed by atoms with van der Waals surface area (Å²) in [5.74, 6) is 0.412. The molecule has 0 nitrogen and oxygen atoms in total. The zero-order valence-corrected chi connectivity index (χ0v) is 9.24. The third-order valence-corrected chi connectivity index (χ3v) is 2.40. The summed E-state index contributed by atoms with van der Waals surface area (Å²) in [6, 6.07) is 4.84. The molecule has 0 fully saturated rings. The fraction of sp³-hybridized carbons (Fsp3) is 0.333. The first-order valence-corrected chi connectivity index (χ1v) is 5.18. The van der Waals surface area contributed by atoms with Crippen LogP contribution in [-0.4, -0.2) is 5.88 Å². The van der Waals surface area contributed by atoms with Crippen molar-refractivity contribution in [1.29, 1.82) is 0 Å². The molecule has 14 heavy (non-hydrogen) atoms. The first-order chi connectivity index (χ1) is 6.65. The van der Waals surface area contributed by atoms with Crippen LogP contribution in [0.2, 0.25) is 0 Å². The van der Waals surface area contributed by atoms with E-state index in [0.717, 1.165) is 23.1 Å². The molecule has 2 heteroatoms. The van der Waals surface area contributed by atoms with Gasteiger partial charge in [0.05, 0.1) is 0 Å². The van der Waals surface area contributed by atoms with Crippen molar-refractivity contribution in [3.05, 3.63) is 41.2 Å². The topological polar surface area (TPSA) is 0 Å². The van der Waals surface area contributed by atoms with E-state index < -0.39 is 0 Å². The van der Waals surface area contributed by atoms with Gasteiger partial charge in [0.2, 0.25) is 0 Å². The summed E-state index contributed by atoms with van der Waals surface area (Å²) in [4.78, 5) is 0. The first kappa shape index (κ1) is 11.3. The zero-order valence-electron chi connectivity index (χ0n) is 8.48. The number of alkyl halides is 1. The molecule has 1 rings (SSSR count). The van der Waals surface area contributed by atoms with Crippen molar-refractivity contribution in [1.82, 2.24) is 0 Å². The Kier molecular flexibility index (Phi) is 4.15. The summed E-state index contributed by atoms with van der Waals surface area (Å²) in [7, 11) is 0. The van der Waals surface area contributed by atoms with Gasteiger partial charge in [-0.3, -0.25) is 0 Å². The van der Waals surface area contributed by atoms with Gasteiger partial charge in [-0.25, -0.2) is 4.39 Å². The molecule has 0 N–H and O–H groups in total. The van der Waals surface area contributed by atoms with Gasteiger partial charge in [-0.15, -0.1) is 11.6 Å². The third kappa shape index (κ3) is 2.85. The molecule has 0 aliphatic carbocycles. The van der Waals surface area contributed by atoms with Crippen LogP contribution in [0.15, 0.2) is 24.3 Å². The van der Waals surface area contributed by atoms with Crippen LogP contribution in [0.5, 0.6) is 0 Å². The average Bonchev–Trinajstić information content (AvgIpc) is 2.18. The van der Waals surface area contributed by atoms with Gasteiger partial charge in [-0.1, -0.05) is 12.1 Å². The lowest BCUT2D eigenvalue weighted by Gasteiger charge is -2.06. The summed E-state index contributed by atoms with van der Waals surface area (Å²) in [6.07, 6.45) is 2.86. The second-order valence-corrected chi connectivity index (χ2v) is 3.70. The lowest BCUT2D eigenvalue weighted by atomic mass is 10.0. The Morgan fingerprint density at radius 2 is 2.21 bits per heavy atom. The Balaban J connectivity index is 2.99. The molecule has 1 aromatic carbocycles. The van der Waals surface area contributed by atoms with E-state index in [9.17, 15) is 4.39 Å². The molecule has 0 aromatic heterocycles. The van der Waals surface area contributed by atoms with Crippen molar-refractivity contribution in [2.75, 3.05) is 5.88 Å². The summed E-state index contributed by atoms with van der Waals surface area (Å²) in [6.45, 7) is 3.96. The van der Waals surface area contributed by atoms with E-state index in [-0.39, 0.29) is 5.82 Å². The lowest BCUT2D eigenvalue weighted by molar-refractivity contribution is 0.627. The number of benzene rings is 1. The Bertz CT molecular complexity index is 342. The van der Waals surface area contributed by atoms with Crippen molar-refractivity contribution >= 4 is 17.2 Å². The highest BCUT2D eigenvalue weighted by atomic mass is 35.5. The molecule has 0 bridgehead atoms. The highest BCUT2D eigenvalue weighted by molar-refractivity contribution is 6.17. The van der Waals surface area contributed by atoms with Gasteiger partial charge >= 0.3 is 0 Å². The minimum atomic E-state index is -0.191. The molecule has 0 saturated heterocycles. The van der Waals surface area contributed by atoms with E-state index in [0.29, 0.717) is 5.88 Å². The van der Waals surface area contributed by atoms with E-state index in [4.69, 9.17) is 11.6 Å². The number of rotatable bonds is 3. The average molecular weight is 213 g/mol. The number of halogens is 2. The van der Waals surface area contributed by atoms with E-state index in [2.05, 4.69) is 0 Å². The molecular formula is C12H14ClF. The summed E-state index contributed by atoms with van der Waals surface area (Å²) in [5.41, 5.74) is 3.15. The second kappa shape index (κ2) is 5.16. The van der Waals surface area contributed by atoms with Crippen molar-refractivity contribution in [2.24, 2.45) is 0 Å². The molecule has 0 atom stereocenters. The second-order valence-electron chi connectivity index (χ2n) is 3.32. The quantitative estimate of drug-likeness (QED) is 0.660. The van der Waals surface area contributed by atoms with Crippen LogP contribution in [0.3, 0.4) is 0 Å². The SMILES string of the molecule is CC(=CCCCl)c1cc(F)ccc1C. The predicted molar refractivity (Wildman–Crippen MR) is 60.1 cm³/mol. The standard InChI is InChI=1S/C12H14ClF/c1-9(4-3-7-13)12-8-11(14)6-5-10(12)2/h4-6,8H,3,7H2,1-2H3. The maximum Gasteiger partial charge on any atom is 0.123 e. The van der Waals surface area contributed by atoms with Crippen molar-refractivity contribution in [3.63, 3.8) is 0 Å². The van der Waals surface area contributed by atoms with E-state index in [1.165, 1.54) is 6.07 Å². The van der Waals surface area contributed by atoms with Crippen LogP contribution >= 0.6 is 11.6 Å². The number of hydrogen-bond acceptors (Lipinski definition) is 0. The maximum absolute atomic E-state index is 13.0. The van der Waals surface area contributed by atoms with Crippen LogP contribution in [0.4, 0.5) is 4.39 Å². The molecule has 76 valence electrons. The number of hydrogen-bond donors (Lipinski definition) is 0. The molecule has 0 amide bonds. The van der Waals surface area contributed by atoms with Gasteiger partial charge < -0.3 is 0 Å². The van der Waals surface area contributed by atoms with Crippen LogP contribution in [0, 0.1) is 12.7 Å². The fourth-order valence-corrected chi connectivity index (χ4v) is 1.51. The summed E-state index contributed by atoms with van der Waals surface area (Å²) >= 11 is 5.59. The van der Waals surface area contributed by atoms with Crippen LogP contribution < -0.4 is 0 Å². The van der Waals surface area contributed by atoms with Crippen LogP contribution in [0.1, 0.15) is 24.5 Å². The highest BCUT2D eigenvalue weighted by Crippen LogP contribution is 2.19. The maximum atomic E-state index is 13.0. The molecule has 0 radical (unpaired) electrons. The van der Waals surface area contributed by atoms with Gasteiger partial charge in [-0.2, -0.15) is 0 Å². The largest absolute Gasteiger partial charge is 0.207 e. The molecule has 0 spiro atoms. The minimum absolute atomic E-state index is 0.191. The van der Waals surface area contributed by atoms with Crippen molar-refractivity contribution in [2.45, 2.75) is 20.3 Å². The molecule has 0 unspecified atom stereocenters. The van der Waals surface area contributed by atoms with Crippen molar-refractivity contribution < 1.29 is 4.39 Å². The first-order valence-electron chi connectivity index (χ1n) is 4.64. The molecule has 1 aromatic rings. The van der Waals surface area contributed by atoms with Crippen LogP contribution in [-0.2, 0) is 0 Å². The van der Waals surface area contributed by atoms with Gasteiger partial charge in [0.25, 0.3) is 0 Å². The van der Waals surface area contributed by atoms with Crippen molar-refractivity contribution in [3.8, 4) is 0 Å². The molecule has 0 aliphatic rings. The smallest absolute Gasteiger partial charge is 0.123 e. The van der Waals surface area contributed by atoms with E-state index in [1.54, 1.807) is 12.1 Å². The highest BCUT2D eigenvalue weighted by Gasteiger charge is 2.01. The Hall–Kier alpha value is -0.820. The molecule has 0 aliphatic heterocycles. The Morgan fingerprint density at radius 1 is 1.50 bits per heavy atom. The number of aryl methyl sites for hydroxylation is 1. The Labute approximate surface area is 89.4 Å². The normalized spacial score (nSPS) is 11.9. The van der Waals surface area contributed by atoms with E-state index in [1.807, 2.05) is 19.9 Å². The zero-order chi connectivity index (χ0) is 10.6. The van der Waals surface area contributed by atoms with Crippen LogP contribution in [0.25, 0.3) is 5.57 Å². The minimum Gasteiger partial charge on any atom is -0.207 e. The number of allylic oxidation sites excluding steroid dienone is 2. The molecular weight excluding hydrogens is 199 g/mol. The fourth-order valence-electron chi connectivity index (χ4n) is 1.40. The molecule has 0 saturated carbocycles. The van der Waals surface area contributed by atoms with Gasteiger partial charge in [0.15, 0.2) is 0 Å². The van der Waals surface area contributed by atoms with E-state index >= 15 is 0 Å². The summed E-state index contributed by atoms with van der Waals surface area (Å²) < 4.78 is 13.0. The lowest BCUT2D eigenvalue weighted by Crippen LogP contribution is -1.88. The summed E-state index contributed by atoms with van der Waals surface area (Å²) in [5, 5.41) is 0. The van der Waals surface area contributed by atoms with Gasteiger partial charge in [0.1, 0.15) is 5.82 Å². The van der Waals surface area contributed by atoms with Gasteiger partial charge in [0, 0.05) is 5.88 Å². The monoisotopic (exact) mass is 212 g/mol. The molecule has 0 heterocycles. The van der Waals surface area contributed by atoms with Gasteiger partial charge in [-0.05, 0) is 49.1 Å².